The van der Waals surface area contributed by atoms with Crippen LogP contribution in [0.1, 0.15) is 17.6 Å². The highest BCUT2D eigenvalue weighted by Crippen LogP contribution is 2.34. The molecule has 3 rings (SSSR count). The topological polar surface area (TPSA) is 70.3 Å². The molecule has 0 amide bonds. The normalized spacial score (nSPS) is 20.9. The van der Waals surface area contributed by atoms with Gasteiger partial charge >= 0.3 is 0 Å². The van der Waals surface area contributed by atoms with E-state index in [0.29, 0.717) is 5.89 Å². The lowest BCUT2D eigenvalue weighted by molar-refractivity contribution is 0.108. The third kappa shape index (κ3) is 2.66. The summed E-state index contributed by atoms with van der Waals surface area (Å²) in [6.07, 6.45) is 0. The Labute approximate surface area is 128 Å². The van der Waals surface area contributed by atoms with Crippen molar-refractivity contribution in [2.75, 3.05) is 46.1 Å². The zero-order chi connectivity index (χ0) is 15.0. The van der Waals surface area contributed by atoms with Gasteiger partial charge in [-0.1, -0.05) is 5.16 Å². The van der Waals surface area contributed by atoms with Crippen LogP contribution in [0.5, 0.6) is 0 Å². The van der Waals surface area contributed by atoms with E-state index < -0.39 is 0 Å². The van der Waals surface area contributed by atoms with E-state index in [2.05, 4.69) is 43.7 Å². The minimum Gasteiger partial charge on any atom is -0.378 e. The van der Waals surface area contributed by atoms with Gasteiger partial charge in [-0.3, -0.25) is 4.90 Å². The molecule has 1 fully saturated rings. The van der Waals surface area contributed by atoms with Crippen LogP contribution in [0.15, 0.2) is 4.52 Å². The van der Waals surface area contributed by atoms with Crippen molar-refractivity contribution in [2.24, 2.45) is 0 Å². The molecule has 1 unspecified atom stereocenters. The van der Waals surface area contributed by atoms with Gasteiger partial charge in [0.25, 0.3) is 5.89 Å². The summed E-state index contributed by atoms with van der Waals surface area (Å²) in [6, 6.07) is 0.172. The van der Waals surface area contributed by atoms with E-state index >= 15 is 0 Å². The van der Waals surface area contributed by atoms with Gasteiger partial charge in [0.1, 0.15) is 5.00 Å². The molecule has 1 aliphatic rings. The minimum atomic E-state index is 0.172. The second-order valence-corrected chi connectivity index (χ2v) is 6.21. The molecule has 2 aromatic rings. The quantitative estimate of drug-likeness (QED) is 0.920. The number of hydrogen-bond acceptors (Lipinski definition) is 8. The fraction of sp³-hybridized carbons (Fsp3) is 0.615. The highest BCUT2D eigenvalue weighted by Gasteiger charge is 2.29. The molecule has 0 aliphatic carbocycles. The first kappa shape index (κ1) is 14.4. The summed E-state index contributed by atoms with van der Waals surface area (Å²) in [5.74, 6) is 1.29. The molecule has 1 aliphatic heterocycles. The van der Waals surface area contributed by atoms with Crippen molar-refractivity contribution in [1.82, 2.24) is 24.3 Å². The number of nitrogens with zero attached hydrogens (tertiary/aromatic N) is 5. The fourth-order valence-corrected chi connectivity index (χ4v) is 3.29. The van der Waals surface area contributed by atoms with Crippen molar-refractivity contribution < 1.29 is 4.52 Å². The number of aromatic nitrogens is 3. The average molecular weight is 308 g/mol. The lowest BCUT2D eigenvalue weighted by atomic mass is 10.2. The van der Waals surface area contributed by atoms with Crippen molar-refractivity contribution >= 4 is 16.5 Å². The van der Waals surface area contributed by atoms with Crippen LogP contribution in [0, 0.1) is 6.92 Å². The number of likely N-dealkylation sites (N-methyl/N-ethyl adjacent to an activating group) is 2. The summed E-state index contributed by atoms with van der Waals surface area (Å²) in [6.45, 7) is 4.94. The van der Waals surface area contributed by atoms with Gasteiger partial charge in [-0.05, 0) is 32.6 Å². The van der Waals surface area contributed by atoms with Gasteiger partial charge < -0.3 is 14.7 Å². The highest BCUT2D eigenvalue weighted by atomic mass is 32.1. The summed E-state index contributed by atoms with van der Waals surface area (Å²) in [7, 11) is 6.09. The van der Waals surface area contributed by atoms with Gasteiger partial charge in [0.15, 0.2) is 5.82 Å². The van der Waals surface area contributed by atoms with Crippen LogP contribution in [-0.2, 0) is 0 Å². The molecule has 114 valence electrons. The standard InChI is InChI=1S/C13H20N6OS/c1-8-10(13(14-2)21-17-8)12-15-11(16-20-12)9-7-18(3)5-6-19(9)4/h9,14H,5-7H2,1-4H3. The first-order valence-corrected chi connectivity index (χ1v) is 7.74. The average Bonchev–Trinajstić information content (AvgIpc) is 3.07. The van der Waals surface area contributed by atoms with Gasteiger partial charge in [0.2, 0.25) is 0 Å². The largest absolute Gasteiger partial charge is 0.378 e. The zero-order valence-corrected chi connectivity index (χ0v) is 13.6. The van der Waals surface area contributed by atoms with Gasteiger partial charge in [0.05, 0.1) is 17.3 Å². The van der Waals surface area contributed by atoms with Crippen LogP contribution in [0.25, 0.3) is 11.5 Å². The summed E-state index contributed by atoms with van der Waals surface area (Å²) < 4.78 is 9.83. The third-order valence-electron chi connectivity index (χ3n) is 3.89. The van der Waals surface area contributed by atoms with Crippen molar-refractivity contribution in [3.05, 3.63) is 11.5 Å². The van der Waals surface area contributed by atoms with E-state index in [1.807, 2.05) is 14.0 Å². The Morgan fingerprint density at radius 1 is 1.33 bits per heavy atom. The van der Waals surface area contributed by atoms with Crippen LogP contribution in [0.4, 0.5) is 5.00 Å². The van der Waals surface area contributed by atoms with Crippen LogP contribution in [0.3, 0.4) is 0 Å². The maximum atomic E-state index is 5.49. The molecule has 8 heteroatoms. The van der Waals surface area contributed by atoms with Crippen molar-refractivity contribution in [3.8, 4) is 11.5 Å². The molecule has 0 saturated carbocycles. The number of hydrogen-bond donors (Lipinski definition) is 1. The van der Waals surface area contributed by atoms with Gasteiger partial charge in [-0.2, -0.15) is 9.36 Å². The van der Waals surface area contributed by atoms with Crippen LogP contribution in [0.2, 0.25) is 0 Å². The molecular weight excluding hydrogens is 288 g/mol. The second kappa shape index (κ2) is 5.70. The van der Waals surface area contributed by atoms with E-state index in [0.717, 1.165) is 41.7 Å². The van der Waals surface area contributed by atoms with E-state index in [-0.39, 0.29) is 6.04 Å². The molecule has 7 nitrogen and oxygen atoms in total. The number of aryl methyl sites for hydroxylation is 1. The smallest absolute Gasteiger partial charge is 0.262 e. The van der Waals surface area contributed by atoms with E-state index in [9.17, 15) is 0 Å². The van der Waals surface area contributed by atoms with Crippen molar-refractivity contribution in [2.45, 2.75) is 13.0 Å². The second-order valence-electron chi connectivity index (χ2n) is 5.44. The molecular formula is C13H20N6OS. The van der Waals surface area contributed by atoms with Gasteiger partial charge in [-0.15, -0.1) is 0 Å². The molecule has 0 bridgehead atoms. The SMILES string of the molecule is CNc1snc(C)c1-c1nc(C2CN(C)CCN2C)no1. The zero-order valence-electron chi connectivity index (χ0n) is 12.8. The maximum Gasteiger partial charge on any atom is 0.262 e. The van der Waals surface area contributed by atoms with Gasteiger partial charge in [0, 0.05) is 26.7 Å². The van der Waals surface area contributed by atoms with Crippen molar-refractivity contribution in [3.63, 3.8) is 0 Å². The first-order valence-electron chi connectivity index (χ1n) is 6.97. The predicted octanol–water partition coefficient (Wildman–Crippen LogP) is 1.46. The first-order chi connectivity index (χ1) is 10.1. The molecule has 0 radical (unpaired) electrons. The maximum absolute atomic E-state index is 5.49. The number of rotatable bonds is 3. The van der Waals surface area contributed by atoms with E-state index in [1.54, 1.807) is 0 Å². The highest BCUT2D eigenvalue weighted by molar-refractivity contribution is 7.10. The molecule has 1 saturated heterocycles. The van der Waals surface area contributed by atoms with Crippen LogP contribution >= 0.6 is 11.5 Å². The summed E-state index contributed by atoms with van der Waals surface area (Å²) in [4.78, 5) is 9.17. The summed E-state index contributed by atoms with van der Waals surface area (Å²) in [5.41, 5.74) is 1.82. The van der Waals surface area contributed by atoms with Crippen LogP contribution < -0.4 is 5.32 Å². The number of nitrogens with one attached hydrogen (secondary N) is 1. The molecule has 1 atom stereocenters. The Kier molecular flexibility index (Phi) is 3.92. The van der Waals surface area contributed by atoms with Crippen molar-refractivity contribution in [1.29, 1.82) is 0 Å². The Hall–Kier alpha value is -1.51. The third-order valence-corrected chi connectivity index (χ3v) is 4.85. The molecule has 0 aromatic carbocycles. The molecule has 2 aromatic heterocycles. The Balaban J connectivity index is 1.91. The minimum absolute atomic E-state index is 0.172. The molecule has 21 heavy (non-hydrogen) atoms. The molecule has 3 heterocycles. The Morgan fingerprint density at radius 2 is 2.14 bits per heavy atom. The van der Waals surface area contributed by atoms with E-state index in [1.165, 1.54) is 11.5 Å². The summed E-state index contributed by atoms with van der Waals surface area (Å²) in [5, 5.41) is 8.28. The van der Waals surface area contributed by atoms with Crippen LogP contribution in [-0.4, -0.2) is 65.1 Å². The number of piperazine rings is 1. The summed E-state index contributed by atoms with van der Waals surface area (Å²) >= 11 is 1.41. The lowest BCUT2D eigenvalue weighted by Gasteiger charge is -2.35. The lowest BCUT2D eigenvalue weighted by Crippen LogP contribution is -2.45. The fourth-order valence-electron chi connectivity index (χ4n) is 2.55. The molecule has 1 N–H and O–H groups in total. The Bertz CT molecular complexity index is 624. The number of anilines is 1. The predicted molar refractivity (Wildman–Crippen MR) is 82.6 cm³/mol. The monoisotopic (exact) mass is 308 g/mol. The van der Waals surface area contributed by atoms with Gasteiger partial charge in [-0.25, -0.2) is 0 Å². The Morgan fingerprint density at radius 3 is 2.90 bits per heavy atom. The molecule has 0 spiro atoms. The van der Waals surface area contributed by atoms with E-state index in [4.69, 9.17) is 4.52 Å².